The summed E-state index contributed by atoms with van der Waals surface area (Å²) in [5, 5.41) is 10.3. The second kappa shape index (κ2) is 8.24. The van der Waals surface area contributed by atoms with Gasteiger partial charge in [0.2, 0.25) is 0 Å². The third-order valence-electron chi connectivity index (χ3n) is 5.02. The molecule has 2 N–H and O–H groups in total. The molecule has 1 aromatic heterocycles. The number of fused-ring (bicyclic) bond motifs is 1. The summed E-state index contributed by atoms with van der Waals surface area (Å²) in [5.41, 5.74) is 2.14. The molecule has 7 nitrogen and oxygen atoms in total. The van der Waals surface area contributed by atoms with Crippen molar-refractivity contribution in [3.63, 3.8) is 0 Å². The molecule has 3 heterocycles. The number of rotatable bonds is 2. The van der Waals surface area contributed by atoms with Crippen molar-refractivity contribution >= 4 is 24.2 Å². The molecule has 10 heteroatoms. The van der Waals surface area contributed by atoms with Gasteiger partial charge >= 0.3 is 0 Å². The molecule has 0 saturated carbocycles. The molecule has 0 spiro atoms. The van der Waals surface area contributed by atoms with Crippen LogP contribution in [-0.4, -0.2) is 64.5 Å². The van der Waals surface area contributed by atoms with Crippen LogP contribution in [0.1, 0.15) is 32.1 Å². The van der Waals surface area contributed by atoms with E-state index in [9.17, 15) is 18.4 Å². The van der Waals surface area contributed by atoms with Gasteiger partial charge in [-0.25, -0.2) is 8.78 Å². The first kappa shape index (κ1) is 20.2. The number of aromatic nitrogens is 2. The second-order valence-electron chi connectivity index (χ2n) is 6.66. The van der Waals surface area contributed by atoms with Gasteiger partial charge in [0.1, 0.15) is 11.6 Å². The second-order valence-corrected chi connectivity index (χ2v) is 6.66. The third kappa shape index (κ3) is 3.72. The van der Waals surface area contributed by atoms with Gasteiger partial charge in [-0.3, -0.25) is 14.7 Å². The van der Waals surface area contributed by atoms with Gasteiger partial charge < -0.3 is 15.1 Å². The Morgan fingerprint density at radius 2 is 1.71 bits per heavy atom. The normalized spacial score (nSPS) is 16.4. The molecule has 0 unspecified atom stereocenters. The van der Waals surface area contributed by atoms with Crippen molar-refractivity contribution < 1.29 is 18.4 Å². The highest BCUT2D eigenvalue weighted by Crippen LogP contribution is 2.19. The average molecular weight is 412 g/mol. The van der Waals surface area contributed by atoms with Crippen LogP contribution in [-0.2, 0) is 13.0 Å². The minimum absolute atomic E-state index is 0. The Hall–Kier alpha value is -2.52. The molecule has 2 aromatic rings. The Labute approximate surface area is 166 Å². The summed E-state index contributed by atoms with van der Waals surface area (Å²) in [5.74, 6) is -2.28. The summed E-state index contributed by atoms with van der Waals surface area (Å²) in [6, 6.07) is 2.90. The first-order valence-electron chi connectivity index (χ1n) is 8.85. The minimum Gasteiger partial charge on any atom is -0.335 e. The zero-order valence-corrected chi connectivity index (χ0v) is 15.8. The zero-order chi connectivity index (χ0) is 19.0. The van der Waals surface area contributed by atoms with Crippen molar-refractivity contribution in [2.24, 2.45) is 0 Å². The van der Waals surface area contributed by atoms with Crippen molar-refractivity contribution in [3.8, 4) is 0 Å². The number of carbonyl (C=O) groups excluding carboxylic acids is 2. The maximum atomic E-state index is 13.8. The van der Waals surface area contributed by atoms with E-state index in [1.807, 2.05) is 0 Å². The Morgan fingerprint density at radius 1 is 1.04 bits per heavy atom. The van der Waals surface area contributed by atoms with Crippen molar-refractivity contribution in [1.29, 1.82) is 0 Å². The SMILES string of the molecule is Cl.O=C(c1ccc(F)cc1F)N1CCN(C(=O)c2n[nH]c3c2CNCC3)CC1. The molecule has 0 aliphatic carbocycles. The Kier molecular flexibility index (Phi) is 5.95. The lowest BCUT2D eigenvalue weighted by Gasteiger charge is -2.34. The molecule has 2 aliphatic heterocycles. The lowest BCUT2D eigenvalue weighted by Crippen LogP contribution is -2.51. The summed E-state index contributed by atoms with van der Waals surface area (Å²) in [6.45, 7) is 2.70. The average Bonchev–Trinajstić information content (AvgIpc) is 3.11. The van der Waals surface area contributed by atoms with Gasteiger partial charge in [-0.15, -0.1) is 12.4 Å². The van der Waals surface area contributed by atoms with E-state index in [0.717, 1.165) is 36.4 Å². The highest BCUT2D eigenvalue weighted by atomic mass is 35.5. The third-order valence-corrected chi connectivity index (χ3v) is 5.02. The highest BCUT2D eigenvalue weighted by Gasteiger charge is 2.30. The number of hydrogen-bond acceptors (Lipinski definition) is 4. The molecule has 1 saturated heterocycles. The summed E-state index contributed by atoms with van der Waals surface area (Å²) >= 11 is 0. The summed E-state index contributed by atoms with van der Waals surface area (Å²) in [7, 11) is 0. The molecule has 4 rings (SSSR count). The standard InChI is InChI=1S/C18H19F2N5O2.ClH/c19-11-1-2-12(14(20)9-11)17(26)24-5-7-25(8-6-24)18(27)16-13-10-21-4-3-15(13)22-23-16;/h1-2,9,21H,3-8,10H2,(H,22,23);1H. The fourth-order valence-electron chi connectivity index (χ4n) is 3.50. The van der Waals surface area contributed by atoms with Gasteiger partial charge in [-0.05, 0) is 12.1 Å². The topological polar surface area (TPSA) is 81.3 Å². The van der Waals surface area contributed by atoms with Gasteiger partial charge in [0.25, 0.3) is 11.8 Å². The zero-order valence-electron chi connectivity index (χ0n) is 15.0. The largest absolute Gasteiger partial charge is 0.335 e. The van der Waals surface area contributed by atoms with E-state index in [1.54, 1.807) is 4.90 Å². The minimum atomic E-state index is -0.880. The number of aromatic amines is 1. The van der Waals surface area contributed by atoms with Crippen molar-refractivity contribution in [1.82, 2.24) is 25.3 Å². The van der Waals surface area contributed by atoms with Crippen molar-refractivity contribution in [2.45, 2.75) is 13.0 Å². The fraction of sp³-hybridized carbons (Fsp3) is 0.389. The van der Waals surface area contributed by atoms with Gasteiger partial charge in [0, 0.05) is 63.0 Å². The van der Waals surface area contributed by atoms with Crippen LogP contribution >= 0.6 is 12.4 Å². The van der Waals surface area contributed by atoms with E-state index in [1.165, 1.54) is 4.90 Å². The van der Waals surface area contributed by atoms with Gasteiger partial charge in [0.05, 0.1) is 5.56 Å². The maximum Gasteiger partial charge on any atom is 0.274 e. The number of hydrogen-bond donors (Lipinski definition) is 2. The predicted molar refractivity (Wildman–Crippen MR) is 99.4 cm³/mol. The number of benzene rings is 1. The van der Waals surface area contributed by atoms with Crippen LogP contribution in [0.25, 0.3) is 0 Å². The number of nitrogens with zero attached hydrogens (tertiary/aromatic N) is 3. The predicted octanol–water partition coefficient (Wildman–Crippen LogP) is 1.35. The molecule has 1 fully saturated rings. The van der Waals surface area contributed by atoms with Crippen LogP contribution in [0.3, 0.4) is 0 Å². The number of nitrogens with one attached hydrogen (secondary N) is 2. The number of carbonyl (C=O) groups is 2. The Bertz CT molecular complexity index is 896. The van der Waals surface area contributed by atoms with E-state index >= 15 is 0 Å². The van der Waals surface area contributed by atoms with E-state index in [2.05, 4.69) is 15.5 Å². The van der Waals surface area contributed by atoms with E-state index in [-0.39, 0.29) is 37.0 Å². The van der Waals surface area contributed by atoms with Gasteiger partial charge in [-0.2, -0.15) is 5.10 Å². The lowest BCUT2D eigenvalue weighted by molar-refractivity contribution is 0.0529. The van der Waals surface area contributed by atoms with Crippen molar-refractivity contribution in [3.05, 3.63) is 52.3 Å². The lowest BCUT2D eigenvalue weighted by atomic mass is 10.1. The molecule has 1 aromatic carbocycles. The smallest absolute Gasteiger partial charge is 0.274 e. The van der Waals surface area contributed by atoms with E-state index in [0.29, 0.717) is 31.4 Å². The van der Waals surface area contributed by atoms with E-state index in [4.69, 9.17) is 0 Å². The van der Waals surface area contributed by atoms with Crippen LogP contribution in [0.2, 0.25) is 0 Å². The van der Waals surface area contributed by atoms with E-state index < -0.39 is 17.5 Å². The molecule has 0 bridgehead atoms. The Morgan fingerprint density at radius 3 is 2.39 bits per heavy atom. The quantitative estimate of drug-likeness (QED) is 0.781. The molecule has 28 heavy (non-hydrogen) atoms. The molecule has 150 valence electrons. The summed E-state index contributed by atoms with van der Waals surface area (Å²) in [6.07, 6.45) is 0.807. The van der Waals surface area contributed by atoms with Crippen LogP contribution in [0, 0.1) is 11.6 Å². The number of H-pyrrole nitrogens is 1. The maximum absolute atomic E-state index is 13.8. The van der Waals surface area contributed by atoms with Crippen molar-refractivity contribution in [2.75, 3.05) is 32.7 Å². The molecular formula is C18H20ClF2N5O2. The summed E-state index contributed by atoms with van der Waals surface area (Å²) in [4.78, 5) is 28.4. The number of halogens is 3. The molecule has 0 atom stereocenters. The fourth-order valence-corrected chi connectivity index (χ4v) is 3.50. The molecular weight excluding hydrogens is 392 g/mol. The molecule has 0 radical (unpaired) electrons. The van der Waals surface area contributed by atoms with Gasteiger partial charge in [-0.1, -0.05) is 0 Å². The molecule has 2 amide bonds. The number of piperazine rings is 1. The first-order valence-corrected chi connectivity index (χ1v) is 8.85. The monoisotopic (exact) mass is 411 g/mol. The van der Waals surface area contributed by atoms with Crippen LogP contribution in [0.5, 0.6) is 0 Å². The molecule has 2 aliphatic rings. The Balaban J connectivity index is 0.00000225. The number of amides is 2. The van der Waals surface area contributed by atoms with Gasteiger partial charge in [0.15, 0.2) is 5.69 Å². The highest BCUT2D eigenvalue weighted by molar-refractivity contribution is 5.96. The van der Waals surface area contributed by atoms with Crippen LogP contribution in [0.4, 0.5) is 8.78 Å². The summed E-state index contributed by atoms with van der Waals surface area (Å²) < 4.78 is 26.9. The first-order chi connectivity index (χ1) is 13.0. The van der Waals surface area contributed by atoms with Crippen LogP contribution < -0.4 is 5.32 Å². The van der Waals surface area contributed by atoms with Crippen LogP contribution in [0.15, 0.2) is 18.2 Å².